The number of nitrogens with zero attached hydrogens (tertiary/aromatic N) is 1. The number of ether oxygens (including phenoxy) is 1. The Bertz CT molecular complexity index is 434. The Hall–Kier alpha value is -1.55. The molecule has 1 aromatic carbocycles. The lowest BCUT2D eigenvalue weighted by Gasteiger charge is -2.36. The standard InChI is InChI=1S/C15H19NO3/c17-15(18)16-8-12-6-7-13(9-16)14(12)19-10-11-4-2-1-3-5-11/h1-5,12-14H,6-10H2,(H,17,18). The predicted molar refractivity (Wildman–Crippen MR) is 70.8 cm³/mol. The maximum Gasteiger partial charge on any atom is 0.407 e. The van der Waals surface area contributed by atoms with Crippen molar-refractivity contribution in [1.29, 1.82) is 0 Å². The van der Waals surface area contributed by atoms with E-state index < -0.39 is 6.09 Å². The van der Waals surface area contributed by atoms with Crippen LogP contribution in [0.3, 0.4) is 0 Å². The van der Waals surface area contributed by atoms with Gasteiger partial charge in [0.2, 0.25) is 0 Å². The van der Waals surface area contributed by atoms with Crippen molar-refractivity contribution in [2.45, 2.75) is 25.6 Å². The molecule has 102 valence electrons. The zero-order chi connectivity index (χ0) is 13.2. The number of carbonyl (C=O) groups is 1. The van der Waals surface area contributed by atoms with Gasteiger partial charge in [0, 0.05) is 24.9 Å². The molecule has 19 heavy (non-hydrogen) atoms. The molecule has 1 amide bonds. The number of hydrogen-bond donors (Lipinski definition) is 1. The second kappa shape index (κ2) is 5.21. The summed E-state index contributed by atoms with van der Waals surface area (Å²) in [6, 6.07) is 10.2. The third-order valence-electron chi connectivity index (χ3n) is 4.30. The van der Waals surface area contributed by atoms with Crippen LogP contribution in [0.5, 0.6) is 0 Å². The molecule has 1 saturated heterocycles. The average molecular weight is 261 g/mol. The molecule has 0 spiro atoms. The van der Waals surface area contributed by atoms with Crippen molar-refractivity contribution in [3.8, 4) is 0 Å². The summed E-state index contributed by atoms with van der Waals surface area (Å²) in [6.45, 7) is 1.89. The normalized spacial score (nSPS) is 29.5. The Labute approximate surface area is 113 Å². The highest BCUT2D eigenvalue weighted by Crippen LogP contribution is 2.39. The molecule has 3 rings (SSSR count). The first-order chi connectivity index (χ1) is 9.24. The van der Waals surface area contributed by atoms with Gasteiger partial charge in [-0.05, 0) is 18.4 Å². The minimum Gasteiger partial charge on any atom is -0.465 e. The molecule has 1 N–H and O–H groups in total. The number of fused-ring (bicyclic) bond motifs is 2. The van der Waals surface area contributed by atoms with Crippen LogP contribution >= 0.6 is 0 Å². The zero-order valence-corrected chi connectivity index (χ0v) is 10.9. The third kappa shape index (κ3) is 2.59. The van der Waals surface area contributed by atoms with Crippen molar-refractivity contribution in [1.82, 2.24) is 4.90 Å². The molecule has 1 aliphatic carbocycles. The quantitative estimate of drug-likeness (QED) is 0.909. The first-order valence-corrected chi connectivity index (χ1v) is 6.87. The van der Waals surface area contributed by atoms with E-state index in [1.807, 2.05) is 18.2 Å². The molecule has 4 heteroatoms. The molecule has 0 aromatic heterocycles. The van der Waals surface area contributed by atoms with Gasteiger partial charge in [-0.3, -0.25) is 0 Å². The highest BCUT2D eigenvalue weighted by Gasteiger charge is 2.43. The van der Waals surface area contributed by atoms with E-state index in [1.54, 1.807) is 4.90 Å². The summed E-state index contributed by atoms with van der Waals surface area (Å²) < 4.78 is 6.06. The van der Waals surface area contributed by atoms with Crippen LogP contribution in [0.2, 0.25) is 0 Å². The molecular formula is C15H19NO3. The van der Waals surface area contributed by atoms with Crippen LogP contribution in [-0.4, -0.2) is 35.3 Å². The Morgan fingerprint density at radius 1 is 1.21 bits per heavy atom. The van der Waals surface area contributed by atoms with E-state index in [4.69, 9.17) is 9.84 Å². The van der Waals surface area contributed by atoms with E-state index >= 15 is 0 Å². The first-order valence-electron chi connectivity index (χ1n) is 6.87. The van der Waals surface area contributed by atoms with E-state index in [-0.39, 0.29) is 6.10 Å². The van der Waals surface area contributed by atoms with Crippen molar-refractivity contribution < 1.29 is 14.6 Å². The Morgan fingerprint density at radius 2 is 1.84 bits per heavy atom. The van der Waals surface area contributed by atoms with Gasteiger partial charge in [-0.15, -0.1) is 0 Å². The van der Waals surface area contributed by atoms with Crippen molar-refractivity contribution in [2.24, 2.45) is 11.8 Å². The van der Waals surface area contributed by atoms with Gasteiger partial charge in [0.15, 0.2) is 0 Å². The monoisotopic (exact) mass is 261 g/mol. The smallest absolute Gasteiger partial charge is 0.407 e. The third-order valence-corrected chi connectivity index (χ3v) is 4.30. The molecule has 2 bridgehead atoms. The summed E-state index contributed by atoms with van der Waals surface area (Å²) in [4.78, 5) is 12.6. The number of piperidine rings is 1. The van der Waals surface area contributed by atoms with Crippen molar-refractivity contribution in [3.05, 3.63) is 35.9 Å². The zero-order valence-electron chi connectivity index (χ0n) is 10.9. The summed E-state index contributed by atoms with van der Waals surface area (Å²) >= 11 is 0. The lowest BCUT2D eigenvalue weighted by atomic mass is 9.95. The predicted octanol–water partition coefficient (Wildman–Crippen LogP) is 2.59. The van der Waals surface area contributed by atoms with Crippen LogP contribution in [0, 0.1) is 11.8 Å². The molecule has 1 aromatic rings. The summed E-state index contributed by atoms with van der Waals surface area (Å²) in [7, 11) is 0. The first kappa shape index (κ1) is 12.5. The maximum atomic E-state index is 11.0. The lowest BCUT2D eigenvalue weighted by molar-refractivity contribution is -0.0462. The topological polar surface area (TPSA) is 49.8 Å². The lowest BCUT2D eigenvalue weighted by Crippen LogP contribution is -2.47. The van der Waals surface area contributed by atoms with Gasteiger partial charge in [-0.2, -0.15) is 0 Å². The van der Waals surface area contributed by atoms with Crippen LogP contribution in [0.25, 0.3) is 0 Å². The summed E-state index contributed by atoms with van der Waals surface area (Å²) in [6.07, 6.45) is 1.62. The number of rotatable bonds is 3. The van der Waals surface area contributed by atoms with E-state index in [9.17, 15) is 4.79 Å². The minimum atomic E-state index is -0.793. The van der Waals surface area contributed by atoms with E-state index in [0.717, 1.165) is 12.8 Å². The number of benzene rings is 1. The molecule has 2 atom stereocenters. The van der Waals surface area contributed by atoms with E-state index in [1.165, 1.54) is 5.56 Å². The summed E-state index contributed by atoms with van der Waals surface area (Å²) in [5, 5.41) is 9.08. The Kier molecular flexibility index (Phi) is 3.42. The largest absolute Gasteiger partial charge is 0.465 e. The highest BCUT2D eigenvalue weighted by atomic mass is 16.5. The molecule has 2 fully saturated rings. The second-order valence-corrected chi connectivity index (χ2v) is 5.55. The molecular weight excluding hydrogens is 242 g/mol. The number of carboxylic acid groups (broad SMARTS) is 1. The molecule has 0 radical (unpaired) electrons. The number of hydrogen-bond acceptors (Lipinski definition) is 2. The van der Waals surface area contributed by atoms with Crippen LogP contribution < -0.4 is 0 Å². The fourth-order valence-corrected chi connectivity index (χ4v) is 3.37. The van der Waals surface area contributed by atoms with Crippen LogP contribution in [0.4, 0.5) is 4.79 Å². The van der Waals surface area contributed by atoms with E-state index in [2.05, 4.69) is 12.1 Å². The Balaban J connectivity index is 1.60. The van der Waals surface area contributed by atoms with Crippen LogP contribution in [0.15, 0.2) is 30.3 Å². The summed E-state index contributed by atoms with van der Waals surface area (Å²) in [5.41, 5.74) is 1.18. The van der Waals surface area contributed by atoms with Gasteiger partial charge in [-0.25, -0.2) is 4.79 Å². The molecule has 1 saturated carbocycles. The maximum absolute atomic E-state index is 11.0. The number of likely N-dealkylation sites (tertiary alicyclic amines) is 1. The molecule has 2 aliphatic rings. The second-order valence-electron chi connectivity index (χ2n) is 5.55. The van der Waals surface area contributed by atoms with Gasteiger partial charge in [0.25, 0.3) is 0 Å². The van der Waals surface area contributed by atoms with Crippen molar-refractivity contribution in [3.63, 3.8) is 0 Å². The Morgan fingerprint density at radius 3 is 2.42 bits per heavy atom. The van der Waals surface area contributed by atoms with Gasteiger partial charge in [0.05, 0.1) is 12.7 Å². The van der Waals surface area contributed by atoms with Gasteiger partial charge >= 0.3 is 6.09 Å². The SMILES string of the molecule is O=C(O)N1CC2CCC(C1)C2OCc1ccccc1. The van der Waals surface area contributed by atoms with Crippen LogP contribution in [0.1, 0.15) is 18.4 Å². The highest BCUT2D eigenvalue weighted by molar-refractivity contribution is 5.65. The number of amides is 1. The summed E-state index contributed by atoms with van der Waals surface area (Å²) in [5.74, 6) is 0.747. The average Bonchev–Trinajstić information content (AvgIpc) is 2.66. The van der Waals surface area contributed by atoms with Gasteiger partial charge in [0.1, 0.15) is 0 Å². The van der Waals surface area contributed by atoms with Crippen LogP contribution in [-0.2, 0) is 11.3 Å². The van der Waals surface area contributed by atoms with Gasteiger partial charge in [-0.1, -0.05) is 30.3 Å². The fourth-order valence-electron chi connectivity index (χ4n) is 3.37. The van der Waals surface area contributed by atoms with E-state index in [0.29, 0.717) is 31.5 Å². The molecule has 2 unspecified atom stereocenters. The van der Waals surface area contributed by atoms with Crippen molar-refractivity contribution in [2.75, 3.05) is 13.1 Å². The van der Waals surface area contributed by atoms with Gasteiger partial charge < -0.3 is 14.7 Å². The fraction of sp³-hybridized carbons (Fsp3) is 0.533. The van der Waals surface area contributed by atoms with Crippen molar-refractivity contribution >= 4 is 6.09 Å². The minimum absolute atomic E-state index is 0.232. The molecule has 4 nitrogen and oxygen atoms in total. The molecule has 1 aliphatic heterocycles. The molecule has 1 heterocycles.